The van der Waals surface area contributed by atoms with E-state index in [9.17, 15) is 14.9 Å². The molecular formula is C12H11N7O4. The molecule has 0 radical (unpaired) electrons. The third-order valence-corrected chi connectivity index (χ3v) is 3.10. The van der Waals surface area contributed by atoms with Crippen molar-refractivity contribution in [2.45, 2.75) is 6.92 Å². The van der Waals surface area contributed by atoms with Gasteiger partial charge in [-0.2, -0.15) is 9.61 Å². The van der Waals surface area contributed by atoms with Crippen LogP contribution in [0.3, 0.4) is 0 Å². The molecule has 3 aromatic rings. The summed E-state index contributed by atoms with van der Waals surface area (Å²) in [5, 5.41) is 22.9. The van der Waals surface area contributed by atoms with Gasteiger partial charge >= 0.3 is 11.8 Å². The number of esters is 1. The number of hydrogen-bond donors (Lipinski definition) is 0. The summed E-state index contributed by atoms with van der Waals surface area (Å²) >= 11 is 0. The summed E-state index contributed by atoms with van der Waals surface area (Å²) in [6.07, 6.45) is 1.12. The fourth-order valence-corrected chi connectivity index (χ4v) is 2.02. The van der Waals surface area contributed by atoms with Gasteiger partial charge in [-0.1, -0.05) is 0 Å². The van der Waals surface area contributed by atoms with E-state index in [-0.39, 0.29) is 29.8 Å². The third kappa shape index (κ3) is 2.37. The van der Waals surface area contributed by atoms with E-state index >= 15 is 0 Å². The summed E-state index contributed by atoms with van der Waals surface area (Å²) in [5.41, 5.74) is 0.447. The summed E-state index contributed by atoms with van der Waals surface area (Å²) in [5.74, 6) is -0.391. The van der Waals surface area contributed by atoms with Gasteiger partial charge in [-0.25, -0.2) is 14.3 Å². The molecule has 3 rings (SSSR count). The van der Waals surface area contributed by atoms with E-state index < -0.39 is 10.9 Å². The minimum Gasteiger partial charge on any atom is -0.461 e. The zero-order valence-corrected chi connectivity index (χ0v) is 12.2. The van der Waals surface area contributed by atoms with Gasteiger partial charge in [0.1, 0.15) is 6.20 Å². The minimum atomic E-state index is -0.583. The van der Waals surface area contributed by atoms with Gasteiger partial charge in [-0.05, 0) is 24.0 Å². The highest BCUT2D eigenvalue weighted by Gasteiger charge is 2.23. The molecule has 0 fully saturated rings. The Kier molecular flexibility index (Phi) is 3.44. The van der Waals surface area contributed by atoms with Crippen molar-refractivity contribution in [1.29, 1.82) is 0 Å². The molecule has 3 heterocycles. The summed E-state index contributed by atoms with van der Waals surface area (Å²) in [6, 6.07) is 3.01. The van der Waals surface area contributed by atoms with Crippen LogP contribution in [0.25, 0.3) is 17.3 Å². The molecule has 0 saturated carbocycles. The first-order chi connectivity index (χ1) is 11.0. The number of fused-ring (bicyclic) bond motifs is 1. The molecule has 0 spiro atoms. The molecule has 11 nitrogen and oxygen atoms in total. The van der Waals surface area contributed by atoms with Crippen LogP contribution in [0, 0.1) is 10.1 Å². The van der Waals surface area contributed by atoms with Gasteiger partial charge in [0.15, 0.2) is 11.3 Å². The number of nitro groups is 1. The van der Waals surface area contributed by atoms with Crippen LogP contribution in [-0.4, -0.2) is 46.9 Å². The number of carbonyl (C=O) groups is 1. The second-order valence-corrected chi connectivity index (χ2v) is 4.49. The van der Waals surface area contributed by atoms with Crippen molar-refractivity contribution in [2.75, 3.05) is 6.61 Å². The van der Waals surface area contributed by atoms with Crippen LogP contribution in [0.5, 0.6) is 0 Å². The molecule has 0 atom stereocenters. The zero-order valence-electron chi connectivity index (χ0n) is 12.2. The van der Waals surface area contributed by atoms with Crippen molar-refractivity contribution in [3.8, 4) is 11.6 Å². The first kappa shape index (κ1) is 14.6. The highest BCUT2D eigenvalue weighted by molar-refractivity contribution is 5.87. The number of hydrogen-bond acceptors (Lipinski definition) is 8. The Labute approximate surface area is 128 Å². The Hall–Kier alpha value is -3.37. The topological polar surface area (TPSA) is 130 Å². The first-order valence-electron chi connectivity index (χ1n) is 6.59. The maximum absolute atomic E-state index is 11.8. The molecule has 118 valence electrons. The Balaban J connectivity index is 2.13. The maximum Gasteiger partial charge on any atom is 0.358 e. The van der Waals surface area contributed by atoms with Crippen molar-refractivity contribution < 1.29 is 14.5 Å². The number of nitrogens with zero attached hydrogens (tertiary/aromatic N) is 7. The number of aromatic nitrogens is 6. The molecule has 11 heteroatoms. The highest BCUT2D eigenvalue weighted by atomic mass is 16.6. The van der Waals surface area contributed by atoms with Crippen molar-refractivity contribution >= 4 is 17.4 Å². The van der Waals surface area contributed by atoms with E-state index in [2.05, 4.69) is 20.3 Å². The molecular weight excluding hydrogens is 306 g/mol. The Morgan fingerprint density at radius 1 is 1.35 bits per heavy atom. The lowest BCUT2D eigenvalue weighted by Crippen LogP contribution is -2.10. The summed E-state index contributed by atoms with van der Waals surface area (Å²) in [7, 11) is 1.48. The lowest BCUT2D eigenvalue weighted by Gasteiger charge is -2.02. The van der Waals surface area contributed by atoms with Crippen LogP contribution in [0.2, 0.25) is 0 Å². The van der Waals surface area contributed by atoms with E-state index in [1.54, 1.807) is 13.0 Å². The molecule has 0 amide bonds. The van der Waals surface area contributed by atoms with Crippen LogP contribution >= 0.6 is 0 Å². The highest BCUT2D eigenvalue weighted by Crippen LogP contribution is 2.21. The SMILES string of the molecule is CCOC(=O)c1ccc2nnc(-c3ncc([N+](=O)[O-])n3C)n2n1. The van der Waals surface area contributed by atoms with Gasteiger partial charge in [0.05, 0.1) is 13.7 Å². The first-order valence-corrected chi connectivity index (χ1v) is 6.59. The largest absolute Gasteiger partial charge is 0.461 e. The Bertz CT molecular complexity index is 913. The van der Waals surface area contributed by atoms with Crippen LogP contribution in [0.15, 0.2) is 18.3 Å². The van der Waals surface area contributed by atoms with Gasteiger partial charge in [0.2, 0.25) is 5.82 Å². The lowest BCUT2D eigenvalue weighted by molar-refractivity contribution is -0.391. The van der Waals surface area contributed by atoms with Gasteiger partial charge < -0.3 is 14.9 Å². The van der Waals surface area contributed by atoms with E-state index in [1.165, 1.54) is 22.2 Å². The fourth-order valence-electron chi connectivity index (χ4n) is 2.02. The molecule has 0 aliphatic rings. The molecule has 0 aliphatic carbocycles. The Morgan fingerprint density at radius 3 is 2.78 bits per heavy atom. The second-order valence-electron chi connectivity index (χ2n) is 4.49. The van der Waals surface area contributed by atoms with Gasteiger partial charge in [-0.3, -0.25) is 0 Å². The average molecular weight is 317 g/mol. The van der Waals surface area contributed by atoms with Gasteiger partial charge in [0.25, 0.3) is 5.82 Å². The van der Waals surface area contributed by atoms with Gasteiger partial charge in [0, 0.05) is 0 Å². The summed E-state index contributed by atoms with van der Waals surface area (Å²) in [4.78, 5) is 26.1. The number of imidazole rings is 1. The van der Waals surface area contributed by atoms with E-state index in [4.69, 9.17) is 4.74 Å². The standard InChI is InChI=1S/C12H11N7O4/c1-3-23-12(20)7-4-5-8-14-15-11(18(8)16-7)10-13-6-9(17(10)2)19(21)22/h4-6H,3H2,1-2H3. The predicted molar refractivity (Wildman–Crippen MR) is 75.6 cm³/mol. The monoisotopic (exact) mass is 317 g/mol. The lowest BCUT2D eigenvalue weighted by atomic mass is 10.4. The minimum absolute atomic E-state index is 0.0732. The van der Waals surface area contributed by atoms with Crippen molar-refractivity contribution in [3.63, 3.8) is 0 Å². The van der Waals surface area contributed by atoms with Crippen molar-refractivity contribution in [2.24, 2.45) is 7.05 Å². The molecule has 0 unspecified atom stereocenters. The van der Waals surface area contributed by atoms with Crippen molar-refractivity contribution in [3.05, 3.63) is 34.1 Å². The molecule has 0 N–H and O–H groups in total. The molecule has 23 heavy (non-hydrogen) atoms. The molecule has 0 bridgehead atoms. The quantitative estimate of drug-likeness (QED) is 0.388. The van der Waals surface area contributed by atoms with Crippen LogP contribution in [0.1, 0.15) is 17.4 Å². The van der Waals surface area contributed by atoms with E-state index in [0.29, 0.717) is 5.65 Å². The van der Waals surface area contributed by atoms with Crippen LogP contribution in [0.4, 0.5) is 5.82 Å². The second kappa shape index (κ2) is 5.44. The van der Waals surface area contributed by atoms with E-state index in [0.717, 1.165) is 6.20 Å². The predicted octanol–water partition coefficient (Wildman–Crippen LogP) is 0.610. The number of carbonyl (C=O) groups excluding carboxylic acids is 1. The van der Waals surface area contributed by atoms with Crippen LogP contribution < -0.4 is 0 Å². The maximum atomic E-state index is 11.8. The zero-order chi connectivity index (χ0) is 16.6. The molecule has 3 aromatic heterocycles. The van der Waals surface area contributed by atoms with Gasteiger partial charge in [-0.15, -0.1) is 10.2 Å². The number of ether oxygens (including phenoxy) is 1. The third-order valence-electron chi connectivity index (χ3n) is 3.10. The normalized spacial score (nSPS) is 10.9. The van der Waals surface area contributed by atoms with Crippen molar-refractivity contribution in [1.82, 2.24) is 29.4 Å². The molecule has 0 aromatic carbocycles. The Morgan fingerprint density at radius 2 is 2.13 bits per heavy atom. The summed E-state index contributed by atoms with van der Waals surface area (Å²) in [6.45, 7) is 1.91. The average Bonchev–Trinajstić information content (AvgIpc) is 3.10. The van der Waals surface area contributed by atoms with E-state index in [1.807, 2.05) is 0 Å². The summed E-state index contributed by atoms with van der Waals surface area (Å²) < 4.78 is 7.44. The number of rotatable bonds is 4. The molecule has 0 saturated heterocycles. The van der Waals surface area contributed by atoms with Crippen LogP contribution in [-0.2, 0) is 11.8 Å². The fraction of sp³-hybridized carbons (Fsp3) is 0.250. The molecule has 0 aliphatic heterocycles. The smallest absolute Gasteiger partial charge is 0.358 e.